The van der Waals surface area contributed by atoms with Crippen LogP contribution in [-0.4, -0.2) is 45.7 Å². The van der Waals surface area contributed by atoms with Gasteiger partial charge in [0.1, 0.15) is 0 Å². The second kappa shape index (κ2) is 18.4. The van der Waals surface area contributed by atoms with Crippen LogP contribution in [-0.2, 0) is 9.47 Å². The van der Waals surface area contributed by atoms with Gasteiger partial charge in [0.15, 0.2) is 6.29 Å². The number of halogens is 1. The van der Waals surface area contributed by atoms with Crippen LogP contribution in [0.2, 0.25) is 0 Å². The second-order valence-electron chi connectivity index (χ2n) is 7.80. The molecule has 0 N–H and O–H groups in total. The summed E-state index contributed by atoms with van der Waals surface area (Å²) < 4.78 is 11.8. The Kier molecular flexibility index (Phi) is 20.6. The van der Waals surface area contributed by atoms with Crippen LogP contribution in [0.3, 0.4) is 0 Å². The first kappa shape index (κ1) is 26.9. The van der Waals surface area contributed by atoms with Gasteiger partial charge in [0.05, 0.1) is 6.16 Å². The van der Waals surface area contributed by atoms with Gasteiger partial charge in [-0.25, -0.2) is 0 Å². The Bertz CT molecular complexity index is 234. The molecule has 0 amide bonds. The molecular weight excluding hydrogens is 339 g/mol. The summed E-state index contributed by atoms with van der Waals surface area (Å²) in [6.07, 6.45) is 15.4. The fourth-order valence-electron chi connectivity index (χ4n) is 2.54. The first-order chi connectivity index (χ1) is 11.0. The average Bonchev–Trinajstić information content (AvgIpc) is 2.48. The van der Waals surface area contributed by atoms with Crippen LogP contribution < -0.4 is 12.4 Å². The van der Waals surface area contributed by atoms with E-state index in [1.54, 1.807) is 0 Å². The minimum atomic E-state index is -0.550. The molecule has 2 nitrogen and oxygen atoms in total. The minimum Gasteiger partial charge on any atom is -1.00 e. The lowest BCUT2D eigenvalue weighted by atomic mass is 10.1. The molecule has 0 bridgehead atoms. The normalized spacial score (nSPS) is 11.8. The largest absolute Gasteiger partial charge is 1.00 e. The Morgan fingerprint density at radius 3 is 1.58 bits per heavy atom. The molecule has 0 rings (SSSR count). The molecule has 0 fully saturated rings. The van der Waals surface area contributed by atoms with E-state index in [4.69, 9.17) is 9.47 Å². The third-order valence-corrected chi connectivity index (χ3v) is 5.78. The van der Waals surface area contributed by atoms with Gasteiger partial charge < -0.3 is 21.9 Å². The van der Waals surface area contributed by atoms with Crippen molar-refractivity contribution in [1.82, 2.24) is 0 Å². The first-order valence-electron chi connectivity index (χ1n) is 10.0. The molecule has 0 heterocycles. The highest BCUT2D eigenvalue weighted by atomic mass is 35.5. The molecule has 4 heteroatoms. The van der Waals surface area contributed by atoms with Crippen LogP contribution in [0.15, 0.2) is 0 Å². The van der Waals surface area contributed by atoms with Crippen molar-refractivity contribution in [2.75, 3.05) is 39.4 Å². The maximum Gasteiger partial charge on any atom is 0.157 e. The summed E-state index contributed by atoms with van der Waals surface area (Å²) in [5.41, 5.74) is 0. The highest BCUT2D eigenvalue weighted by molar-refractivity contribution is 7.73. The lowest BCUT2D eigenvalue weighted by molar-refractivity contribution is -0.147. The van der Waals surface area contributed by atoms with E-state index in [2.05, 4.69) is 33.8 Å². The van der Waals surface area contributed by atoms with Gasteiger partial charge >= 0.3 is 0 Å². The number of unbranched alkanes of at least 4 members (excludes halogenated alkanes) is 7. The minimum absolute atomic E-state index is 0. The summed E-state index contributed by atoms with van der Waals surface area (Å²) in [4.78, 5) is 0. The second-order valence-corrected chi connectivity index (χ2v) is 12.8. The standard InChI is InChI=1S/C20H44O2P.ClH/c1-6-8-17-21-20(22-18-9-7-2)16-14-12-10-11-13-15-19-23(3,4)5;/h20H,6-19H2,1-5H3;1H/q+1;/p-1. The van der Waals surface area contributed by atoms with Gasteiger partial charge in [-0.2, -0.15) is 0 Å². The molecule has 0 aromatic carbocycles. The van der Waals surface area contributed by atoms with Crippen LogP contribution in [0.5, 0.6) is 0 Å². The SMILES string of the molecule is CCCCOC(CCCCCCCC[P+](C)(C)C)OCCCC.[Cl-]. The third kappa shape index (κ3) is 20.7. The first-order valence-corrected chi connectivity index (χ1v) is 13.3. The zero-order chi connectivity index (χ0) is 17.4. The molecule has 0 aromatic heterocycles. The van der Waals surface area contributed by atoms with Crippen molar-refractivity contribution in [2.24, 2.45) is 0 Å². The number of hydrogen-bond acceptors (Lipinski definition) is 2. The van der Waals surface area contributed by atoms with Crippen molar-refractivity contribution >= 4 is 7.26 Å². The Morgan fingerprint density at radius 1 is 0.667 bits per heavy atom. The van der Waals surface area contributed by atoms with Crippen LogP contribution in [0.1, 0.15) is 84.5 Å². The van der Waals surface area contributed by atoms with Gasteiger partial charge in [-0.3, -0.25) is 0 Å². The van der Waals surface area contributed by atoms with Crippen molar-refractivity contribution in [2.45, 2.75) is 90.8 Å². The van der Waals surface area contributed by atoms with E-state index in [1.807, 2.05) is 0 Å². The van der Waals surface area contributed by atoms with E-state index in [0.29, 0.717) is 0 Å². The van der Waals surface area contributed by atoms with Crippen molar-refractivity contribution in [3.8, 4) is 0 Å². The average molecular weight is 383 g/mol. The van der Waals surface area contributed by atoms with Gasteiger partial charge in [0.2, 0.25) is 0 Å². The Balaban J connectivity index is 0. The summed E-state index contributed by atoms with van der Waals surface area (Å²) in [5, 5.41) is 0. The van der Waals surface area contributed by atoms with Gasteiger partial charge in [0.25, 0.3) is 0 Å². The van der Waals surface area contributed by atoms with Crippen LogP contribution in [0.25, 0.3) is 0 Å². The van der Waals surface area contributed by atoms with Crippen LogP contribution in [0.4, 0.5) is 0 Å². The Hall–Kier alpha value is 0.640. The molecule has 0 saturated carbocycles. The maximum atomic E-state index is 5.89. The molecule has 0 aliphatic carbocycles. The molecule has 0 saturated heterocycles. The predicted octanol–water partition coefficient (Wildman–Crippen LogP) is 3.59. The molecule has 0 unspecified atom stereocenters. The van der Waals surface area contributed by atoms with Gasteiger partial charge in [0, 0.05) is 40.5 Å². The van der Waals surface area contributed by atoms with Crippen molar-refractivity contribution in [3.05, 3.63) is 0 Å². The summed E-state index contributed by atoms with van der Waals surface area (Å²) in [6.45, 7) is 13.5. The molecule has 0 aromatic rings. The summed E-state index contributed by atoms with van der Waals surface area (Å²) in [7, 11) is -0.550. The number of hydrogen-bond donors (Lipinski definition) is 0. The van der Waals surface area contributed by atoms with E-state index < -0.39 is 7.26 Å². The monoisotopic (exact) mass is 382 g/mol. The molecule has 0 spiro atoms. The highest BCUT2D eigenvalue weighted by Gasteiger charge is 2.15. The van der Waals surface area contributed by atoms with Crippen molar-refractivity contribution < 1.29 is 21.9 Å². The van der Waals surface area contributed by atoms with Gasteiger partial charge in [-0.1, -0.05) is 46.0 Å². The molecule has 0 atom stereocenters. The lowest BCUT2D eigenvalue weighted by Crippen LogP contribution is -3.00. The number of ether oxygens (including phenoxy) is 2. The van der Waals surface area contributed by atoms with E-state index in [9.17, 15) is 0 Å². The quantitative estimate of drug-likeness (QED) is 0.217. The summed E-state index contributed by atoms with van der Waals surface area (Å²) in [5.74, 6) is 0. The Morgan fingerprint density at radius 2 is 1.12 bits per heavy atom. The molecule has 148 valence electrons. The summed E-state index contributed by atoms with van der Waals surface area (Å²) in [6, 6.07) is 0. The van der Waals surface area contributed by atoms with Crippen LogP contribution >= 0.6 is 7.26 Å². The highest BCUT2D eigenvalue weighted by Crippen LogP contribution is 2.47. The topological polar surface area (TPSA) is 18.5 Å². The predicted molar refractivity (Wildman–Crippen MR) is 107 cm³/mol. The number of rotatable bonds is 17. The van der Waals surface area contributed by atoms with E-state index in [1.165, 1.54) is 57.5 Å². The summed E-state index contributed by atoms with van der Waals surface area (Å²) >= 11 is 0. The molecule has 0 aliphatic rings. The third-order valence-electron chi connectivity index (χ3n) is 4.12. The van der Waals surface area contributed by atoms with Gasteiger partial charge in [-0.15, -0.1) is 0 Å². The molecule has 0 aliphatic heterocycles. The maximum absolute atomic E-state index is 5.89. The van der Waals surface area contributed by atoms with E-state index in [0.717, 1.165) is 32.5 Å². The fraction of sp³-hybridized carbons (Fsp3) is 1.00. The van der Waals surface area contributed by atoms with Crippen molar-refractivity contribution in [3.63, 3.8) is 0 Å². The molecular formula is C20H44ClO2P. The zero-order valence-corrected chi connectivity index (χ0v) is 18.8. The van der Waals surface area contributed by atoms with Crippen LogP contribution in [0, 0.1) is 0 Å². The van der Waals surface area contributed by atoms with E-state index in [-0.39, 0.29) is 18.7 Å². The van der Waals surface area contributed by atoms with E-state index >= 15 is 0 Å². The molecule has 0 radical (unpaired) electrons. The zero-order valence-electron chi connectivity index (χ0n) is 17.1. The van der Waals surface area contributed by atoms with Crippen molar-refractivity contribution in [1.29, 1.82) is 0 Å². The van der Waals surface area contributed by atoms with Gasteiger partial charge in [-0.05, 0) is 38.5 Å². The fourth-order valence-corrected chi connectivity index (χ4v) is 3.71. The smallest absolute Gasteiger partial charge is 0.157 e. The Labute approximate surface area is 159 Å². The molecule has 24 heavy (non-hydrogen) atoms. The lowest BCUT2D eigenvalue weighted by Gasteiger charge is -2.18.